The molecule has 9 heteroatoms. The molecule has 3 N–H and O–H groups in total. The average molecular weight is 457 g/mol. The third-order valence-electron chi connectivity index (χ3n) is 5.53. The van der Waals surface area contributed by atoms with Crippen LogP contribution < -0.4 is 11.1 Å². The molecule has 0 aliphatic carbocycles. The number of urea groups is 1. The summed E-state index contributed by atoms with van der Waals surface area (Å²) in [6.45, 7) is 1.66. The van der Waals surface area contributed by atoms with Crippen LogP contribution in [0.3, 0.4) is 0 Å². The van der Waals surface area contributed by atoms with Crippen LogP contribution in [0.25, 0.3) is 0 Å². The summed E-state index contributed by atoms with van der Waals surface area (Å²) in [5, 5.41) is 3.26. The Bertz CT molecular complexity index is 1010. The van der Waals surface area contributed by atoms with E-state index >= 15 is 0 Å². The first-order chi connectivity index (χ1) is 15.3. The molecule has 2 aromatic carbocycles. The molecule has 168 valence electrons. The zero-order chi connectivity index (χ0) is 23.3. The van der Waals surface area contributed by atoms with Gasteiger partial charge >= 0.3 is 6.03 Å². The van der Waals surface area contributed by atoms with E-state index in [0.717, 1.165) is 10.5 Å². The van der Waals surface area contributed by atoms with Crippen molar-refractivity contribution in [3.63, 3.8) is 0 Å². The number of benzene rings is 2. The second kappa shape index (κ2) is 9.82. The van der Waals surface area contributed by atoms with Gasteiger partial charge in [-0.15, -0.1) is 0 Å². The maximum Gasteiger partial charge on any atom is 0.325 e. The van der Waals surface area contributed by atoms with Gasteiger partial charge in [-0.25, -0.2) is 4.79 Å². The van der Waals surface area contributed by atoms with Gasteiger partial charge in [0.1, 0.15) is 12.1 Å². The van der Waals surface area contributed by atoms with E-state index in [9.17, 15) is 19.2 Å². The lowest BCUT2D eigenvalue weighted by Crippen LogP contribution is -2.45. The lowest BCUT2D eigenvalue weighted by Gasteiger charge is -2.27. The average Bonchev–Trinajstić information content (AvgIpc) is 3.02. The summed E-state index contributed by atoms with van der Waals surface area (Å²) in [7, 11) is 0. The topological polar surface area (TPSA) is 113 Å². The van der Waals surface area contributed by atoms with E-state index in [2.05, 4.69) is 5.32 Å². The fourth-order valence-corrected chi connectivity index (χ4v) is 3.85. The van der Waals surface area contributed by atoms with Crippen molar-refractivity contribution in [3.05, 3.63) is 70.7 Å². The second-order valence-corrected chi connectivity index (χ2v) is 8.04. The Labute approximate surface area is 191 Å². The first kappa shape index (κ1) is 23.3. The summed E-state index contributed by atoms with van der Waals surface area (Å²) < 4.78 is 0. The van der Waals surface area contributed by atoms with Crippen molar-refractivity contribution in [2.45, 2.75) is 31.8 Å². The maximum atomic E-state index is 13.3. The van der Waals surface area contributed by atoms with Gasteiger partial charge in [0, 0.05) is 24.5 Å². The Morgan fingerprint density at radius 3 is 2.34 bits per heavy atom. The van der Waals surface area contributed by atoms with E-state index in [4.69, 9.17) is 17.3 Å². The van der Waals surface area contributed by atoms with Crippen LogP contribution in [0.2, 0.25) is 5.02 Å². The van der Waals surface area contributed by atoms with Crippen molar-refractivity contribution < 1.29 is 19.2 Å². The van der Waals surface area contributed by atoms with Gasteiger partial charge in [0.25, 0.3) is 5.91 Å². The van der Waals surface area contributed by atoms with Gasteiger partial charge in [-0.3, -0.25) is 19.3 Å². The highest BCUT2D eigenvalue weighted by atomic mass is 35.5. The van der Waals surface area contributed by atoms with Crippen LogP contribution in [0.1, 0.15) is 30.9 Å². The Balaban J connectivity index is 1.80. The van der Waals surface area contributed by atoms with E-state index in [0.29, 0.717) is 17.0 Å². The van der Waals surface area contributed by atoms with E-state index in [1.165, 1.54) is 4.90 Å². The second-order valence-electron chi connectivity index (χ2n) is 7.60. The van der Waals surface area contributed by atoms with E-state index < -0.39 is 35.8 Å². The maximum absolute atomic E-state index is 13.3. The van der Waals surface area contributed by atoms with Crippen LogP contribution in [0, 0.1) is 0 Å². The number of halogens is 1. The van der Waals surface area contributed by atoms with E-state index in [-0.39, 0.29) is 19.5 Å². The number of nitrogens with zero attached hydrogens (tertiary/aromatic N) is 2. The number of nitrogens with two attached hydrogens (primary N) is 1. The van der Waals surface area contributed by atoms with Crippen LogP contribution in [-0.2, 0) is 26.5 Å². The number of rotatable bonds is 9. The molecule has 1 heterocycles. The molecule has 2 aromatic rings. The predicted octanol–water partition coefficient (Wildman–Crippen LogP) is 2.40. The van der Waals surface area contributed by atoms with Crippen molar-refractivity contribution in [2.24, 2.45) is 5.73 Å². The molecule has 1 fully saturated rings. The highest BCUT2D eigenvalue weighted by Crippen LogP contribution is 2.33. The van der Waals surface area contributed by atoms with Crippen LogP contribution in [-0.4, -0.2) is 46.6 Å². The van der Waals surface area contributed by atoms with Crippen molar-refractivity contribution >= 4 is 35.4 Å². The molecule has 32 heavy (non-hydrogen) atoms. The molecule has 1 unspecified atom stereocenters. The van der Waals surface area contributed by atoms with Crippen molar-refractivity contribution in [1.29, 1.82) is 0 Å². The van der Waals surface area contributed by atoms with Crippen LogP contribution >= 0.6 is 11.6 Å². The first-order valence-corrected chi connectivity index (χ1v) is 10.6. The zero-order valence-electron chi connectivity index (χ0n) is 17.7. The predicted molar refractivity (Wildman–Crippen MR) is 119 cm³/mol. The fraction of sp³-hybridized carbons (Fsp3) is 0.304. The van der Waals surface area contributed by atoms with Gasteiger partial charge in [-0.1, -0.05) is 61.0 Å². The number of nitrogens with one attached hydrogen (secondary N) is 1. The molecule has 0 saturated carbocycles. The quantitative estimate of drug-likeness (QED) is 0.564. The molecule has 0 spiro atoms. The third-order valence-corrected chi connectivity index (χ3v) is 5.79. The molecule has 1 aliphatic rings. The smallest absolute Gasteiger partial charge is 0.325 e. The number of carbonyl (C=O) groups is 4. The van der Waals surface area contributed by atoms with Crippen molar-refractivity contribution in [1.82, 2.24) is 15.1 Å². The van der Waals surface area contributed by atoms with Gasteiger partial charge in [-0.2, -0.15) is 0 Å². The molecule has 3 rings (SSSR count). The molecule has 1 saturated heterocycles. The number of amides is 5. The Morgan fingerprint density at radius 1 is 1.09 bits per heavy atom. The lowest BCUT2D eigenvalue weighted by molar-refractivity contribution is -0.140. The minimum absolute atomic E-state index is 0.0254. The van der Waals surface area contributed by atoms with Gasteiger partial charge in [0.05, 0.1) is 0 Å². The van der Waals surface area contributed by atoms with Gasteiger partial charge < -0.3 is 16.0 Å². The van der Waals surface area contributed by atoms with Gasteiger partial charge in [0.15, 0.2) is 0 Å². The van der Waals surface area contributed by atoms with Crippen LogP contribution in [0.4, 0.5) is 4.79 Å². The zero-order valence-corrected chi connectivity index (χ0v) is 18.5. The van der Waals surface area contributed by atoms with Crippen molar-refractivity contribution in [3.8, 4) is 0 Å². The molecule has 8 nitrogen and oxygen atoms in total. The highest BCUT2D eigenvalue weighted by Gasteiger charge is 2.51. The number of hydrogen-bond donors (Lipinski definition) is 2. The highest BCUT2D eigenvalue weighted by molar-refractivity contribution is 6.30. The standard InChI is InChI=1S/C23H25ClN4O4/c1-2-23(17-8-10-18(24)11-9-17)21(31)28(22(32)26-23)15-20(30)27(13-12-19(25)29)14-16-6-4-3-5-7-16/h3-11H,2,12-15H2,1H3,(H2,25,29)(H,26,32). The molecule has 1 atom stereocenters. The SMILES string of the molecule is CCC1(c2ccc(Cl)cc2)NC(=O)N(CC(=O)N(CCC(N)=O)Cc2ccccc2)C1=O. The van der Waals surface area contributed by atoms with E-state index in [1.54, 1.807) is 31.2 Å². The molecule has 1 aliphatic heterocycles. The molecule has 0 aromatic heterocycles. The Kier molecular flexibility index (Phi) is 7.15. The molecule has 5 amide bonds. The number of primary amides is 1. The minimum Gasteiger partial charge on any atom is -0.370 e. The summed E-state index contributed by atoms with van der Waals surface area (Å²) in [5.74, 6) is -1.50. The number of imide groups is 1. The molecular formula is C23H25ClN4O4. The lowest BCUT2D eigenvalue weighted by atomic mass is 9.87. The molecule has 0 radical (unpaired) electrons. The van der Waals surface area contributed by atoms with Gasteiger partial charge in [-0.05, 0) is 29.7 Å². The van der Waals surface area contributed by atoms with Gasteiger partial charge in [0.2, 0.25) is 11.8 Å². The number of hydrogen-bond acceptors (Lipinski definition) is 4. The summed E-state index contributed by atoms with van der Waals surface area (Å²) >= 11 is 5.96. The van der Waals surface area contributed by atoms with Crippen LogP contribution in [0.15, 0.2) is 54.6 Å². The Morgan fingerprint density at radius 2 is 1.75 bits per heavy atom. The third kappa shape index (κ3) is 4.91. The summed E-state index contributed by atoms with van der Waals surface area (Å²) in [4.78, 5) is 52.7. The molecule has 0 bridgehead atoms. The first-order valence-electron chi connectivity index (χ1n) is 10.3. The Hall–Kier alpha value is -3.39. The number of carbonyl (C=O) groups excluding carboxylic acids is 4. The summed E-state index contributed by atoms with van der Waals surface area (Å²) in [6, 6.07) is 15.2. The van der Waals surface area contributed by atoms with Crippen LogP contribution in [0.5, 0.6) is 0 Å². The minimum atomic E-state index is -1.26. The normalized spacial score (nSPS) is 17.9. The summed E-state index contributed by atoms with van der Waals surface area (Å²) in [5.41, 5.74) is 5.43. The fourth-order valence-electron chi connectivity index (χ4n) is 3.72. The summed E-state index contributed by atoms with van der Waals surface area (Å²) in [6.07, 6.45) is 0.279. The van der Waals surface area contributed by atoms with E-state index in [1.807, 2.05) is 30.3 Å². The largest absolute Gasteiger partial charge is 0.370 e. The van der Waals surface area contributed by atoms with Crippen molar-refractivity contribution in [2.75, 3.05) is 13.1 Å². The monoisotopic (exact) mass is 456 g/mol. The molecular weight excluding hydrogens is 432 g/mol.